The number of nitrogens with one attached hydrogen (secondary N) is 1. The molecule has 2 aromatic rings. The van der Waals surface area contributed by atoms with Gasteiger partial charge >= 0.3 is 0 Å². The van der Waals surface area contributed by atoms with E-state index in [1.807, 2.05) is 30.3 Å². The summed E-state index contributed by atoms with van der Waals surface area (Å²) in [6.45, 7) is 4.41. The Bertz CT molecular complexity index is 734. The van der Waals surface area contributed by atoms with Gasteiger partial charge in [0.25, 0.3) is 0 Å². The van der Waals surface area contributed by atoms with Crippen molar-refractivity contribution >= 4 is 23.2 Å². The highest BCUT2D eigenvalue weighted by Crippen LogP contribution is 2.13. The van der Waals surface area contributed by atoms with Gasteiger partial charge in [-0.15, -0.1) is 0 Å². The number of benzene rings is 2. The molecule has 1 saturated heterocycles. The van der Waals surface area contributed by atoms with E-state index in [0.29, 0.717) is 18.1 Å². The van der Waals surface area contributed by atoms with Crippen molar-refractivity contribution in [2.24, 2.45) is 0 Å². The smallest absolute Gasteiger partial charge is 0.238 e. The van der Waals surface area contributed by atoms with Crippen LogP contribution in [0.5, 0.6) is 5.75 Å². The summed E-state index contributed by atoms with van der Waals surface area (Å²) >= 11 is 5.85. The van der Waals surface area contributed by atoms with Crippen LogP contribution in [0.3, 0.4) is 0 Å². The second-order valence-corrected chi connectivity index (χ2v) is 7.35. The molecular weight excluding hydrogens is 378 g/mol. The molecule has 3 rings (SSSR count). The molecule has 1 aliphatic heterocycles. The van der Waals surface area contributed by atoms with Crippen LogP contribution in [0.2, 0.25) is 5.02 Å². The molecule has 1 heterocycles. The number of carbonyl (C=O) groups is 1. The first-order valence-electron chi connectivity index (χ1n) is 9.44. The Kier molecular flexibility index (Phi) is 7.68. The molecule has 1 fully saturated rings. The molecule has 0 radical (unpaired) electrons. The number of hydrogen-bond donors (Lipinski definition) is 2. The quantitative estimate of drug-likeness (QED) is 0.708. The van der Waals surface area contributed by atoms with Crippen LogP contribution in [0, 0.1) is 0 Å². The number of aliphatic hydroxyl groups is 1. The largest absolute Gasteiger partial charge is 0.491 e. The Morgan fingerprint density at radius 2 is 1.68 bits per heavy atom. The second-order valence-electron chi connectivity index (χ2n) is 6.91. The van der Waals surface area contributed by atoms with Crippen molar-refractivity contribution in [2.75, 3.05) is 51.2 Å². The number of β-amino-alcohol motifs (C(OH)–C–C–N with tert-alkyl or cyclic N) is 1. The minimum absolute atomic E-state index is 0.0351. The van der Waals surface area contributed by atoms with E-state index in [9.17, 15) is 9.90 Å². The molecule has 2 N–H and O–H groups in total. The summed E-state index contributed by atoms with van der Waals surface area (Å²) in [6, 6.07) is 16.6. The Balaban J connectivity index is 1.33. The summed E-state index contributed by atoms with van der Waals surface area (Å²) in [6.07, 6.45) is -0.542. The number of ether oxygens (including phenoxy) is 1. The first kappa shape index (κ1) is 20.6. The summed E-state index contributed by atoms with van der Waals surface area (Å²) in [7, 11) is 0. The number of piperazine rings is 1. The predicted octanol–water partition coefficient (Wildman–Crippen LogP) is 2.34. The third-order valence-corrected chi connectivity index (χ3v) is 4.87. The van der Waals surface area contributed by atoms with Crippen LogP contribution < -0.4 is 10.1 Å². The van der Waals surface area contributed by atoms with Crippen molar-refractivity contribution in [3.63, 3.8) is 0 Å². The van der Waals surface area contributed by atoms with Gasteiger partial charge in [-0.2, -0.15) is 0 Å². The fourth-order valence-electron chi connectivity index (χ4n) is 3.13. The van der Waals surface area contributed by atoms with E-state index in [1.54, 1.807) is 24.3 Å². The number of aliphatic hydroxyl groups excluding tert-OH is 1. The Hall–Kier alpha value is -2.12. The molecule has 1 atom stereocenters. The van der Waals surface area contributed by atoms with E-state index in [4.69, 9.17) is 16.3 Å². The van der Waals surface area contributed by atoms with E-state index in [0.717, 1.165) is 37.6 Å². The molecule has 2 aromatic carbocycles. The van der Waals surface area contributed by atoms with Gasteiger partial charge in [0, 0.05) is 43.4 Å². The van der Waals surface area contributed by atoms with E-state index >= 15 is 0 Å². The number of anilines is 1. The zero-order valence-electron chi connectivity index (χ0n) is 15.8. The first-order valence-corrected chi connectivity index (χ1v) is 9.82. The maximum Gasteiger partial charge on any atom is 0.238 e. The fourth-order valence-corrected chi connectivity index (χ4v) is 3.25. The highest BCUT2D eigenvalue weighted by molar-refractivity contribution is 6.30. The highest BCUT2D eigenvalue weighted by Gasteiger charge is 2.21. The lowest BCUT2D eigenvalue weighted by atomic mass is 10.2. The Morgan fingerprint density at radius 3 is 2.36 bits per heavy atom. The number of halogens is 1. The van der Waals surface area contributed by atoms with Crippen LogP contribution >= 0.6 is 11.6 Å². The second kappa shape index (κ2) is 10.4. The normalized spacial score (nSPS) is 16.5. The Morgan fingerprint density at radius 1 is 1.04 bits per heavy atom. The van der Waals surface area contributed by atoms with Crippen molar-refractivity contribution < 1.29 is 14.6 Å². The maximum absolute atomic E-state index is 12.2. The van der Waals surface area contributed by atoms with Crippen LogP contribution in [0.4, 0.5) is 5.69 Å². The summed E-state index contributed by atoms with van der Waals surface area (Å²) in [4.78, 5) is 16.5. The summed E-state index contributed by atoms with van der Waals surface area (Å²) < 4.78 is 5.60. The van der Waals surface area contributed by atoms with E-state index < -0.39 is 6.10 Å². The van der Waals surface area contributed by atoms with E-state index in [1.165, 1.54) is 0 Å². The average molecular weight is 404 g/mol. The minimum atomic E-state index is -0.542. The Labute approximate surface area is 170 Å². The average Bonchev–Trinajstić information content (AvgIpc) is 2.70. The van der Waals surface area contributed by atoms with Crippen molar-refractivity contribution in [2.45, 2.75) is 6.10 Å². The lowest BCUT2D eigenvalue weighted by Gasteiger charge is -2.35. The van der Waals surface area contributed by atoms with Gasteiger partial charge in [0.2, 0.25) is 5.91 Å². The molecule has 0 bridgehead atoms. The van der Waals surface area contributed by atoms with E-state index in [2.05, 4.69) is 15.1 Å². The van der Waals surface area contributed by atoms with Crippen molar-refractivity contribution in [1.82, 2.24) is 9.80 Å². The number of carbonyl (C=O) groups excluding carboxylic acids is 1. The third kappa shape index (κ3) is 6.80. The molecule has 0 aliphatic carbocycles. The lowest BCUT2D eigenvalue weighted by Crippen LogP contribution is -2.50. The minimum Gasteiger partial charge on any atom is -0.491 e. The van der Waals surface area contributed by atoms with Gasteiger partial charge in [-0.1, -0.05) is 29.8 Å². The number of hydrogen-bond acceptors (Lipinski definition) is 5. The van der Waals surface area contributed by atoms with Gasteiger partial charge in [-0.3, -0.25) is 14.6 Å². The zero-order chi connectivity index (χ0) is 19.8. The summed E-state index contributed by atoms with van der Waals surface area (Å²) in [5, 5.41) is 13.7. The molecule has 6 nitrogen and oxygen atoms in total. The number of nitrogens with zero attached hydrogens (tertiary/aromatic N) is 2. The van der Waals surface area contributed by atoms with Crippen LogP contribution in [-0.2, 0) is 4.79 Å². The highest BCUT2D eigenvalue weighted by atomic mass is 35.5. The van der Waals surface area contributed by atoms with Gasteiger partial charge in [-0.05, 0) is 36.4 Å². The molecule has 7 heteroatoms. The fraction of sp³-hybridized carbons (Fsp3) is 0.381. The molecule has 150 valence electrons. The van der Waals surface area contributed by atoms with Gasteiger partial charge in [0.15, 0.2) is 0 Å². The van der Waals surface area contributed by atoms with Gasteiger partial charge < -0.3 is 15.2 Å². The number of para-hydroxylation sites is 1. The topological polar surface area (TPSA) is 65.0 Å². The summed E-state index contributed by atoms with van der Waals surface area (Å²) in [5.74, 6) is 0.727. The standard InChI is InChI=1S/C21H26ClN3O3/c22-17-6-8-18(9-7-17)23-21(27)15-25-12-10-24(11-13-25)14-19(26)16-28-20-4-2-1-3-5-20/h1-9,19,26H,10-16H2,(H,23,27). The molecule has 0 spiro atoms. The molecule has 0 aromatic heterocycles. The monoisotopic (exact) mass is 403 g/mol. The molecule has 1 amide bonds. The van der Waals surface area contributed by atoms with Crippen molar-refractivity contribution in [3.8, 4) is 5.75 Å². The molecule has 1 unspecified atom stereocenters. The third-order valence-electron chi connectivity index (χ3n) is 4.61. The maximum atomic E-state index is 12.2. The lowest BCUT2D eigenvalue weighted by molar-refractivity contribution is -0.117. The van der Waals surface area contributed by atoms with Gasteiger partial charge in [-0.25, -0.2) is 0 Å². The van der Waals surface area contributed by atoms with Gasteiger partial charge in [0.05, 0.1) is 6.54 Å². The van der Waals surface area contributed by atoms with Crippen molar-refractivity contribution in [3.05, 3.63) is 59.6 Å². The summed E-state index contributed by atoms with van der Waals surface area (Å²) in [5.41, 5.74) is 0.745. The number of amides is 1. The predicted molar refractivity (Wildman–Crippen MR) is 111 cm³/mol. The van der Waals surface area contributed by atoms with E-state index in [-0.39, 0.29) is 12.5 Å². The van der Waals surface area contributed by atoms with Crippen LogP contribution in [0.15, 0.2) is 54.6 Å². The van der Waals surface area contributed by atoms with Crippen LogP contribution in [0.1, 0.15) is 0 Å². The SMILES string of the molecule is O=C(CN1CCN(CC(O)COc2ccccc2)CC1)Nc1ccc(Cl)cc1. The van der Waals surface area contributed by atoms with Crippen LogP contribution in [-0.4, -0.2) is 72.8 Å². The van der Waals surface area contributed by atoms with Gasteiger partial charge in [0.1, 0.15) is 18.5 Å². The van der Waals surface area contributed by atoms with Crippen molar-refractivity contribution in [1.29, 1.82) is 0 Å². The molecule has 28 heavy (non-hydrogen) atoms. The molecule has 0 saturated carbocycles. The first-order chi connectivity index (χ1) is 13.6. The zero-order valence-corrected chi connectivity index (χ0v) is 16.5. The molecule has 1 aliphatic rings. The molecular formula is C21H26ClN3O3. The van der Waals surface area contributed by atoms with Crippen LogP contribution in [0.25, 0.3) is 0 Å². The number of rotatable bonds is 8.